The fourth-order valence-corrected chi connectivity index (χ4v) is 2.29. The van der Waals surface area contributed by atoms with Gasteiger partial charge in [-0.25, -0.2) is 0 Å². The van der Waals surface area contributed by atoms with Gasteiger partial charge in [0.1, 0.15) is 0 Å². The highest BCUT2D eigenvalue weighted by molar-refractivity contribution is 9.10. The Bertz CT molecular complexity index is 612. The minimum Gasteiger partial charge on any atom is -0.452 e. The van der Waals surface area contributed by atoms with Crippen molar-refractivity contribution in [3.05, 3.63) is 49.8 Å². The molecule has 18 heavy (non-hydrogen) atoms. The molecule has 1 heterocycles. The van der Waals surface area contributed by atoms with E-state index >= 15 is 0 Å². The lowest BCUT2D eigenvalue weighted by atomic mass is 10.2. The van der Waals surface area contributed by atoms with Crippen molar-refractivity contribution in [2.45, 2.75) is 0 Å². The predicted octanol–water partition coefficient (Wildman–Crippen LogP) is 5.25. The van der Waals surface area contributed by atoms with E-state index in [-0.39, 0.29) is 15.8 Å². The first-order chi connectivity index (χ1) is 8.50. The molecule has 0 spiro atoms. The number of nitrogens with one attached hydrogen (secondary N) is 1. The number of hydrogen-bond donors (Lipinski definition) is 1. The second-order valence-corrected chi connectivity index (χ2v) is 5.24. The minimum atomic E-state index is -0.422. The molecule has 2 rings (SSSR count). The number of halogens is 4. The third-order valence-electron chi connectivity index (χ3n) is 2.15. The average Bonchev–Trinajstić information content (AvgIpc) is 2.76. The minimum absolute atomic E-state index is 0.0202. The van der Waals surface area contributed by atoms with Gasteiger partial charge in [-0.05, 0) is 45.7 Å². The summed E-state index contributed by atoms with van der Waals surface area (Å²) in [6, 6.07) is 4.77. The van der Waals surface area contributed by atoms with Crippen molar-refractivity contribution in [2.24, 2.45) is 0 Å². The number of hydrogen-bond acceptors (Lipinski definition) is 2. The van der Waals surface area contributed by atoms with Crippen molar-refractivity contribution in [3.8, 4) is 0 Å². The van der Waals surface area contributed by atoms with E-state index in [1.54, 1.807) is 12.1 Å². The van der Waals surface area contributed by atoms with Gasteiger partial charge in [-0.2, -0.15) is 0 Å². The maximum atomic E-state index is 11.9. The number of rotatable bonds is 2. The highest BCUT2D eigenvalue weighted by Crippen LogP contribution is 2.36. The van der Waals surface area contributed by atoms with Crippen LogP contribution in [0.15, 0.2) is 33.4 Å². The molecule has 7 heteroatoms. The first-order valence-electron chi connectivity index (χ1n) is 4.68. The van der Waals surface area contributed by atoms with Crippen molar-refractivity contribution in [1.82, 2.24) is 0 Å². The number of benzene rings is 1. The van der Waals surface area contributed by atoms with E-state index in [2.05, 4.69) is 21.2 Å². The van der Waals surface area contributed by atoms with E-state index in [0.717, 1.165) is 0 Å². The Labute approximate surface area is 126 Å². The van der Waals surface area contributed by atoms with Gasteiger partial charge >= 0.3 is 0 Å². The molecule has 0 aliphatic carbocycles. The van der Waals surface area contributed by atoms with Crippen LogP contribution >= 0.6 is 50.7 Å². The summed E-state index contributed by atoms with van der Waals surface area (Å²) in [7, 11) is 0. The number of carbonyl (C=O) groups excluding carboxylic acids is 1. The molecule has 1 N–H and O–H groups in total. The first kappa shape index (κ1) is 13.7. The molecule has 1 aromatic carbocycles. The van der Waals surface area contributed by atoms with Gasteiger partial charge in [0.15, 0.2) is 0 Å². The fourth-order valence-electron chi connectivity index (χ4n) is 1.27. The summed E-state index contributed by atoms with van der Waals surface area (Å²) in [6.45, 7) is 0. The summed E-state index contributed by atoms with van der Waals surface area (Å²) in [5.74, 6) is -0.422. The standard InChI is InChI=1S/C11H5BrCl3NO2/c12-6-1-2-7(9(14)8(6)13)16-11(17)5-3-4-18-10(5)15/h1-4H,(H,16,17). The van der Waals surface area contributed by atoms with E-state index in [0.29, 0.717) is 15.2 Å². The Morgan fingerprint density at radius 1 is 1.17 bits per heavy atom. The van der Waals surface area contributed by atoms with Crippen LogP contribution in [0.2, 0.25) is 15.3 Å². The molecule has 0 unspecified atom stereocenters. The zero-order chi connectivity index (χ0) is 13.3. The van der Waals surface area contributed by atoms with Crippen molar-refractivity contribution in [3.63, 3.8) is 0 Å². The molecule has 1 aromatic heterocycles. The van der Waals surface area contributed by atoms with Gasteiger partial charge < -0.3 is 9.73 Å². The summed E-state index contributed by atoms with van der Waals surface area (Å²) in [4.78, 5) is 11.9. The highest BCUT2D eigenvalue weighted by atomic mass is 79.9. The van der Waals surface area contributed by atoms with Crippen LogP contribution in [0.4, 0.5) is 5.69 Å². The Hall–Kier alpha value is -0.680. The molecule has 0 aliphatic rings. The van der Waals surface area contributed by atoms with Gasteiger partial charge in [0.25, 0.3) is 5.91 Å². The summed E-state index contributed by atoms with van der Waals surface area (Å²) >= 11 is 20.9. The van der Waals surface area contributed by atoms with Crippen LogP contribution < -0.4 is 5.32 Å². The molecular weight excluding hydrogens is 364 g/mol. The zero-order valence-corrected chi connectivity index (χ0v) is 12.5. The second-order valence-electron chi connectivity index (χ2n) is 3.29. The van der Waals surface area contributed by atoms with Crippen LogP contribution in [0.5, 0.6) is 0 Å². The van der Waals surface area contributed by atoms with Gasteiger partial charge in [-0.1, -0.05) is 23.2 Å². The smallest absolute Gasteiger partial charge is 0.260 e. The van der Waals surface area contributed by atoms with Crippen LogP contribution in [-0.4, -0.2) is 5.91 Å². The van der Waals surface area contributed by atoms with Crippen LogP contribution in [0.3, 0.4) is 0 Å². The second kappa shape index (κ2) is 5.53. The molecule has 0 saturated carbocycles. The Kier molecular flexibility index (Phi) is 4.22. The fraction of sp³-hybridized carbons (Fsp3) is 0. The first-order valence-corrected chi connectivity index (χ1v) is 6.61. The van der Waals surface area contributed by atoms with E-state index < -0.39 is 5.91 Å². The summed E-state index contributed by atoms with van der Waals surface area (Å²) in [6.07, 6.45) is 1.33. The Morgan fingerprint density at radius 2 is 1.89 bits per heavy atom. The van der Waals surface area contributed by atoms with Gasteiger partial charge in [0, 0.05) is 4.47 Å². The van der Waals surface area contributed by atoms with Gasteiger partial charge in [0.2, 0.25) is 5.22 Å². The quantitative estimate of drug-likeness (QED) is 0.734. The number of anilines is 1. The highest BCUT2D eigenvalue weighted by Gasteiger charge is 2.16. The molecule has 1 amide bonds. The summed E-state index contributed by atoms with van der Waals surface area (Å²) in [5.41, 5.74) is 0.624. The number of carbonyl (C=O) groups is 1. The normalized spacial score (nSPS) is 10.4. The SMILES string of the molecule is O=C(Nc1ccc(Br)c(Cl)c1Cl)c1ccoc1Cl. The van der Waals surface area contributed by atoms with Crippen LogP contribution in [0.25, 0.3) is 0 Å². The molecule has 0 radical (unpaired) electrons. The van der Waals surface area contributed by atoms with Gasteiger partial charge in [-0.3, -0.25) is 4.79 Å². The average molecular weight is 369 g/mol. The van der Waals surface area contributed by atoms with Gasteiger partial charge in [0.05, 0.1) is 27.6 Å². The van der Waals surface area contributed by atoms with E-state index in [1.807, 2.05) is 0 Å². The molecule has 94 valence electrons. The Balaban J connectivity index is 2.28. The predicted molar refractivity (Wildman–Crippen MR) is 75.8 cm³/mol. The van der Waals surface area contributed by atoms with Crippen molar-refractivity contribution in [2.75, 3.05) is 5.32 Å². The van der Waals surface area contributed by atoms with Crippen LogP contribution in [-0.2, 0) is 0 Å². The largest absolute Gasteiger partial charge is 0.452 e. The molecule has 0 saturated heterocycles. The maximum absolute atomic E-state index is 11.9. The molecule has 3 nitrogen and oxygen atoms in total. The van der Waals surface area contributed by atoms with E-state index in [1.165, 1.54) is 12.3 Å². The molecular formula is C11H5BrCl3NO2. The van der Waals surface area contributed by atoms with Gasteiger partial charge in [-0.15, -0.1) is 0 Å². The lowest BCUT2D eigenvalue weighted by Gasteiger charge is -2.08. The topological polar surface area (TPSA) is 42.2 Å². The zero-order valence-electron chi connectivity index (χ0n) is 8.64. The molecule has 0 bridgehead atoms. The molecule has 2 aromatic rings. The van der Waals surface area contributed by atoms with E-state index in [4.69, 9.17) is 39.2 Å². The Morgan fingerprint density at radius 3 is 2.50 bits per heavy atom. The third-order valence-corrected chi connectivity index (χ3v) is 4.21. The third kappa shape index (κ3) is 2.67. The monoisotopic (exact) mass is 367 g/mol. The molecule has 0 fully saturated rings. The summed E-state index contributed by atoms with van der Waals surface area (Å²) < 4.78 is 5.48. The van der Waals surface area contributed by atoms with Crippen molar-refractivity contribution < 1.29 is 9.21 Å². The molecule has 0 aliphatic heterocycles. The van der Waals surface area contributed by atoms with Crippen molar-refractivity contribution >= 4 is 62.3 Å². The number of furan rings is 1. The summed E-state index contributed by atoms with van der Waals surface area (Å²) in [5, 5.41) is 3.20. The maximum Gasteiger partial charge on any atom is 0.260 e. The number of amides is 1. The molecule has 0 atom stereocenters. The van der Waals surface area contributed by atoms with Crippen molar-refractivity contribution in [1.29, 1.82) is 0 Å². The lowest BCUT2D eigenvalue weighted by molar-refractivity contribution is 0.102. The van der Waals surface area contributed by atoms with Crippen LogP contribution in [0.1, 0.15) is 10.4 Å². The van der Waals surface area contributed by atoms with Crippen LogP contribution in [0, 0.1) is 0 Å². The lowest BCUT2D eigenvalue weighted by Crippen LogP contribution is -2.11. The van der Waals surface area contributed by atoms with E-state index in [9.17, 15) is 4.79 Å².